The maximum Gasteiger partial charge on any atom is 0.269 e. The van der Waals surface area contributed by atoms with E-state index in [1.807, 2.05) is 0 Å². The van der Waals surface area contributed by atoms with Gasteiger partial charge in [0.15, 0.2) is 0 Å². The quantitative estimate of drug-likeness (QED) is 0.120. The van der Waals surface area contributed by atoms with Crippen LogP contribution in [-0.2, 0) is 32.6 Å². The molecule has 0 aliphatic carbocycles. The average Bonchev–Trinajstić information content (AvgIpc) is 3.02. The molecule has 0 spiro atoms. The van der Waals surface area contributed by atoms with E-state index >= 15 is 0 Å². The number of sulfonamides is 1. The smallest absolute Gasteiger partial charge is 0.269 e. The van der Waals surface area contributed by atoms with Crippen molar-refractivity contribution >= 4 is 27.5 Å². The van der Waals surface area contributed by atoms with Gasteiger partial charge in [-0.2, -0.15) is 4.31 Å². The second kappa shape index (κ2) is 17.6. The summed E-state index contributed by atoms with van der Waals surface area (Å²) in [6.07, 6.45) is -1.30. The van der Waals surface area contributed by atoms with Crippen LogP contribution in [-0.4, -0.2) is 72.4 Å². The molecular weight excluding hydrogens is 672 g/mol. The number of nitrogens with one attached hydrogen (secondary N) is 3. The zero-order chi connectivity index (χ0) is 37.2. The van der Waals surface area contributed by atoms with Gasteiger partial charge in [0.2, 0.25) is 21.8 Å². The van der Waals surface area contributed by atoms with E-state index in [0.717, 1.165) is 52.3 Å². The Hall–Kier alpha value is -4.31. The van der Waals surface area contributed by atoms with E-state index in [1.54, 1.807) is 65.0 Å². The van der Waals surface area contributed by atoms with Gasteiger partial charge >= 0.3 is 0 Å². The number of nitro groups is 1. The lowest BCUT2D eigenvalue weighted by Gasteiger charge is -2.34. The summed E-state index contributed by atoms with van der Waals surface area (Å²) in [4.78, 5) is 37.1. The van der Waals surface area contributed by atoms with Crippen LogP contribution in [0.2, 0.25) is 0 Å². The van der Waals surface area contributed by atoms with Gasteiger partial charge in [0.1, 0.15) is 17.7 Å². The monoisotopic (exact) mass is 717 g/mol. The highest BCUT2D eigenvalue weighted by Crippen LogP contribution is 2.23. The van der Waals surface area contributed by atoms with Gasteiger partial charge in [-0.15, -0.1) is 0 Å². The fourth-order valence-electron chi connectivity index (χ4n) is 5.24. The van der Waals surface area contributed by atoms with E-state index in [9.17, 15) is 42.0 Å². The van der Waals surface area contributed by atoms with E-state index in [-0.39, 0.29) is 42.6 Å². The topological polar surface area (TPSA) is 171 Å². The Labute approximate surface area is 291 Å². The highest BCUT2D eigenvalue weighted by atomic mass is 32.2. The Morgan fingerprint density at radius 3 is 2.06 bits per heavy atom. The van der Waals surface area contributed by atoms with Gasteiger partial charge in [-0.25, -0.2) is 17.2 Å². The van der Waals surface area contributed by atoms with Crippen LogP contribution in [0.25, 0.3) is 0 Å². The summed E-state index contributed by atoms with van der Waals surface area (Å²) in [6.45, 7) is 8.16. The molecule has 3 aromatic rings. The summed E-state index contributed by atoms with van der Waals surface area (Å²) in [6, 6.07) is 14.3. The third kappa shape index (κ3) is 11.9. The molecule has 2 unspecified atom stereocenters. The maximum atomic E-state index is 13.8. The predicted molar refractivity (Wildman–Crippen MR) is 184 cm³/mol. The van der Waals surface area contributed by atoms with E-state index in [1.165, 1.54) is 0 Å². The number of carbonyl (C=O) groups excluding carboxylic acids is 2. The zero-order valence-corrected chi connectivity index (χ0v) is 29.5. The van der Waals surface area contributed by atoms with Gasteiger partial charge in [0.25, 0.3) is 5.69 Å². The Morgan fingerprint density at radius 2 is 1.52 bits per heavy atom. The summed E-state index contributed by atoms with van der Waals surface area (Å²) in [7, 11) is -4.23. The third-order valence-corrected chi connectivity index (χ3v) is 9.55. The molecule has 0 aliphatic heterocycles. The van der Waals surface area contributed by atoms with E-state index in [4.69, 9.17) is 0 Å². The van der Waals surface area contributed by atoms with Crippen LogP contribution in [0.3, 0.4) is 0 Å². The number of nitro benzene ring substituents is 1. The van der Waals surface area contributed by atoms with Gasteiger partial charge in [0.05, 0.1) is 28.5 Å². The van der Waals surface area contributed by atoms with Gasteiger partial charge in [-0.3, -0.25) is 19.7 Å². The van der Waals surface area contributed by atoms with Crippen molar-refractivity contribution in [2.45, 2.75) is 70.7 Å². The number of rotatable bonds is 17. The first-order chi connectivity index (χ1) is 23.4. The van der Waals surface area contributed by atoms with Crippen LogP contribution < -0.4 is 16.0 Å². The molecule has 3 aromatic carbocycles. The van der Waals surface area contributed by atoms with Crippen molar-refractivity contribution in [3.05, 3.63) is 106 Å². The fraction of sp³-hybridized carbons (Fsp3) is 0.429. The molecule has 3 rings (SSSR count). The normalized spacial score (nSPS) is 13.9. The fourth-order valence-corrected chi connectivity index (χ4v) is 6.86. The van der Waals surface area contributed by atoms with Crippen LogP contribution in [0, 0.1) is 33.1 Å². The second-order valence-corrected chi connectivity index (χ2v) is 15.5. The van der Waals surface area contributed by atoms with Gasteiger partial charge in [0, 0.05) is 37.8 Å². The minimum absolute atomic E-state index is 0.00448. The molecule has 4 N–H and O–H groups in total. The molecule has 0 heterocycles. The number of benzene rings is 3. The van der Waals surface area contributed by atoms with Crippen LogP contribution in [0.1, 0.15) is 45.7 Å². The summed E-state index contributed by atoms with van der Waals surface area (Å²) in [5.74, 6) is -2.84. The molecule has 0 bridgehead atoms. The Balaban J connectivity index is 1.82. The van der Waals surface area contributed by atoms with Gasteiger partial charge < -0.3 is 21.1 Å². The number of non-ortho nitro benzene ring substituents is 1. The Morgan fingerprint density at radius 1 is 0.920 bits per heavy atom. The van der Waals surface area contributed by atoms with Crippen LogP contribution in [0.15, 0.2) is 77.7 Å². The van der Waals surface area contributed by atoms with Crippen LogP contribution in [0.5, 0.6) is 0 Å². The minimum atomic E-state index is -4.23. The van der Waals surface area contributed by atoms with Crippen molar-refractivity contribution in [2.24, 2.45) is 11.3 Å². The molecule has 0 aromatic heterocycles. The standard InChI is InChI=1S/C35H45F2N5O7S/c1-23(2)21-41(50(48,49)29-13-11-28(12-14-29)42(46)47)22-31(43)30(17-24-9-7-6-8-10-24)39-34(45)33(35(3,4)5)40-32(44)20-38-19-25-15-26(36)18-27(37)16-25/h6-16,18,23,30-31,33,38,43H,17,19-22H2,1-5H3,(H,39,45)(H,40,44)/t30?,31?,33-/m1/s1. The molecular formula is C35H45F2N5O7S. The summed E-state index contributed by atoms with van der Waals surface area (Å²) in [5, 5.41) is 31.1. The number of carbonyl (C=O) groups is 2. The number of hydrogen-bond donors (Lipinski definition) is 4. The lowest BCUT2D eigenvalue weighted by Crippen LogP contribution is -2.59. The molecule has 15 heteroatoms. The molecule has 0 fully saturated rings. The lowest BCUT2D eigenvalue weighted by molar-refractivity contribution is -0.384. The summed E-state index contributed by atoms with van der Waals surface area (Å²) in [5.41, 5.74) is -0.0419. The molecule has 50 heavy (non-hydrogen) atoms. The molecule has 272 valence electrons. The first-order valence-corrected chi connectivity index (χ1v) is 17.5. The Bertz CT molecular complexity index is 1700. The van der Waals surface area contributed by atoms with Crippen LogP contribution in [0.4, 0.5) is 14.5 Å². The number of hydrogen-bond acceptors (Lipinski definition) is 8. The first-order valence-electron chi connectivity index (χ1n) is 16.1. The number of aliphatic hydroxyl groups excluding tert-OH is 1. The third-order valence-electron chi connectivity index (χ3n) is 7.71. The lowest BCUT2D eigenvalue weighted by atomic mass is 9.85. The molecule has 12 nitrogen and oxygen atoms in total. The molecule has 0 aliphatic rings. The Kier molecular flexibility index (Phi) is 14.1. The van der Waals surface area contributed by atoms with Crippen molar-refractivity contribution in [2.75, 3.05) is 19.6 Å². The summed E-state index contributed by atoms with van der Waals surface area (Å²) >= 11 is 0. The number of aliphatic hydroxyl groups is 1. The molecule has 2 amide bonds. The maximum absolute atomic E-state index is 13.8. The highest BCUT2D eigenvalue weighted by molar-refractivity contribution is 7.89. The van der Waals surface area contributed by atoms with Gasteiger partial charge in [-0.05, 0) is 53.1 Å². The number of amides is 2. The van der Waals surface area contributed by atoms with Crippen molar-refractivity contribution < 1.29 is 36.8 Å². The second-order valence-electron chi connectivity index (χ2n) is 13.6. The molecule has 0 saturated heterocycles. The minimum Gasteiger partial charge on any atom is -0.390 e. The highest BCUT2D eigenvalue weighted by Gasteiger charge is 2.36. The van der Waals surface area contributed by atoms with Crippen LogP contribution >= 0.6 is 0 Å². The van der Waals surface area contributed by atoms with E-state index < -0.39 is 68.5 Å². The summed E-state index contributed by atoms with van der Waals surface area (Å²) < 4.78 is 55.6. The molecule has 3 atom stereocenters. The number of halogens is 2. The van der Waals surface area contributed by atoms with E-state index in [2.05, 4.69) is 16.0 Å². The first kappa shape index (κ1) is 40.1. The van der Waals surface area contributed by atoms with Crippen molar-refractivity contribution in [1.82, 2.24) is 20.3 Å². The van der Waals surface area contributed by atoms with Gasteiger partial charge in [-0.1, -0.05) is 65.0 Å². The van der Waals surface area contributed by atoms with Crippen molar-refractivity contribution in [3.63, 3.8) is 0 Å². The molecule has 0 saturated carbocycles. The predicted octanol–water partition coefficient (Wildman–Crippen LogP) is 3.93. The van der Waals surface area contributed by atoms with Crippen molar-refractivity contribution in [1.29, 1.82) is 0 Å². The van der Waals surface area contributed by atoms with Crippen molar-refractivity contribution in [3.8, 4) is 0 Å². The van der Waals surface area contributed by atoms with E-state index in [0.29, 0.717) is 5.56 Å². The number of nitrogens with zero attached hydrogens (tertiary/aromatic N) is 2. The average molecular weight is 718 g/mol. The molecule has 0 radical (unpaired) electrons. The SMILES string of the molecule is CC(C)CN(CC(O)C(Cc1ccccc1)NC(=O)[C@@H](NC(=O)CNCc1cc(F)cc(F)c1)C(C)(C)C)S(=O)(=O)c1ccc([N+](=O)[O-])cc1. The largest absolute Gasteiger partial charge is 0.390 e. The zero-order valence-electron chi connectivity index (χ0n) is 28.7.